The molecule has 0 radical (unpaired) electrons. The van der Waals surface area contributed by atoms with Crippen LogP contribution in [0.15, 0.2) is 22.8 Å². The quantitative estimate of drug-likeness (QED) is 0.314. The van der Waals surface area contributed by atoms with Gasteiger partial charge in [-0.2, -0.15) is 0 Å². The Hall–Kier alpha value is -1.17. The van der Waals surface area contributed by atoms with Gasteiger partial charge in [-0.1, -0.05) is 32.4 Å². The fourth-order valence-corrected chi connectivity index (χ4v) is 10.4. The van der Waals surface area contributed by atoms with Crippen molar-refractivity contribution in [3.05, 3.63) is 22.8 Å². The molecule has 7 aliphatic rings. The molecule has 5 N–H and O–H groups in total. The molecule has 3 heterocycles. The van der Waals surface area contributed by atoms with Crippen LogP contribution in [0.4, 0.5) is 0 Å². The molecule has 2 saturated carbocycles. The third-order valence-electron chi connectivity index (χ3n) is 12.8. The van der Waals surface area contributed by atoms with Crippen molar-refractivity contribution in [3.8, 4) is 0 Å². The maximum Gasteiger partial charge on any atom is 0.186 e. The van der Waals surface area contributed by atoms with Gasteiger partial charge in [-0.25, -0.2) is 0 Å². The van der Waals surface area contributed by atoms with Crippen LogP contribution in [0.1, 0.15) is 72.6 Å². The van der Waals surface area contributed by atoms with E-state index in [1.165, 1.54) is 11.1 Å². The number of fused-ring (bicyclic) bond motifs is 6. The maximum absolute atomic E-state index is 14.5. The fraction of sp³-hybridized carbons (Fsp3) is 0.848. The Bertz CT molecular complexity index is 1170. The number of nitrogens with one attached hydrogen (secondary N) is 1. The number of rotatable bonds is 3. The van der Waals surface area contributed by atoms with E-state index in [0.29, 0.717) is 42.4 Å². The molecule has 234 valence electrons. The van der Waals surface area contributed by atoms with E-state index in [1.54, 1.807) is 0 Å². The van der Waals surface area contributed by atoms with E-state index in [0.717, 1.165) is 44.2 Å². The molecule has 0 bridgehead atoms. The summed E-state index contributed by atoms with van der Waals surface area (Å²) >= 11 is 0. The van der Waals surface area contributed by atoms with Gasteiger partial charge in [0.25, 0.3) is 0 Å². The highest BCUT2D eigenvalue weighted by molar-refractivity contribution is 6.02. The highest BCUT2D eigenvalue weighted by Crippen LogP contribution is 2.64. The number of piperidine rings is 1. The van der Waals surface area contributed by atoms with Crippen molar-refractivity contribution in [2.24, 2.45) is 35.0 Å². The molecule has 7 rings (SSSR count). The average molecular weight is 588 g/mol. The number of aliphatic hydroxyl groups excluding tert-OH is 4. The molecule has 9 nitrogen and oxygen atoms in total. The van der Waals surface area contributed by atoms with Crippen molar-refractivity contribution in [2.45, 2.75) is 127 Å². The number of Topliss-reactive ketones (excluding diaryl/α,β-unsaturated/α-hetero) is 1. The Morgan fingerprint density at radius 1 is 1.12 bits per heavy atom. The van der Waals surface area contributed by atoms with Gasteiger partial charge in [0.2, 0.25) is 0 Å². The minimum atomic E-state index is -1.46. The smallest absolute Gasteiger partial charge is 0.186 e. The number of allylic oxidation sites excluding steroid dienone is 2. The largest absolute Gasteiger partial charge is 0.394 e. The summed E-state index contributed by atoms with van der Waals surface area (Å²) in [5.74, 6) is 1.81. The zero-order valence-corrected chi connectivity index (χ0v) is 25.4. The Labute approximate surface area is 248 Å². The van der Waals surface area contributed by atoms with E-state index in [-0.39, 0.29) is 35.1 Å². The first-order valence-electron chi connectivity index (χ1n) is 16.3. The third kappa shape index (κ3) is 4.14. The zero-order valence-electron chi connectivity index (χ0n) is 25.4. The lowest BCUT2D eigenvalue weighted by Crippen LogP contribution is -2.60. The van der Waals surface area contributed by atoms with Crippen LogP contribution in [0.2, 0.25) is 0 Å². The Morgan fingerprint density at radius 3 is 2.67 bits per heavy atom. The number of aliphatic hydroxyl groups is 4. The molecule has 42 heavy (non-hydrogen) atoms. The van der Waals surface area contributed by atoms with Crippen molar-refractivity contribution in [1.29, 1.82) is 0 Å². The molecular formula is C33H49NO8. The van der Waals surface area contributed by atoms with Gasteiger partial charge in [0.1, 0.15) is 24.4 Å². The molecule has 4 aliphatic carbocycles. The van der Waals surface area contributed by atoms with Crippen molar-refractivity contribution < 1.29 is 39.4 Å². The lowest BCUT2D eigenvalue weighted by Gasteiger charge is -2.49. The van der Waals surface area contributed by atoms with Crippen molar-refractivity contribution >= 4 is 5.78 Å². The van der Waals surface area contributed by atoms with E-state index in [9.17, 15) is 25.2 Å². The number of hydrogen-bond acceptors (Lipinski definition) is 9. The first kappa shape index (κ1) is 29.5. The summed E-state index contributed by atoms with van der Waals surface area (Å²) in [6.07, 6.45) is 1.93. The summed E-state index contributed by atoms with van der Waals surface area (Å²) in [5.41, 5.74) is 2.89. The van der Waals surface area contributed by atoms with E-state index < -0.39 is 37.3 Å². The summed E-state index contributed by atoms with van der Waals surface area (Å²) in [4.78, 5) is 14.5. The minimum absolute atomic E-state index is 0.0482. The molecule has 0 aromatic carbocycles. The Morgan fingerprint density at radius 2 is 1.90 bits per heavy atom. The van der Waals surface area contributed by atoms with Gasteiger partial charge in [-0.3, -0.25) is 4.79 Å². The second kappa shape index (κ2) is 10.4. The van der Waals surface area contributed by atoms with Gasteiger partial charge in [0, 0.05) is 23.5 Å². The number of ether oxygens (including phenoxy) is 3. The second-order valence-electron chi connectivity index (χ2n) is 14.9. The van der Waals surface area contributed by atoms with Gasteiger partial charge in [-0.15, -0.1) is 0 Å². The maximum atomic E-state index is 14.5. The molecule has 5 fully saturated rings. The first-order valence-corrected chi connectivity index (χ1v) is 16.3. The van der Waals surface area contributed by atoms with E-state index in [2.05, 4.69) is 39.1 Å². The molecule has 0 unspecified atom stereocenters. The molecular weight excluding hydrogens is 538 g/mol. The topological polar surface area (TPSA) is 138 Å². The number of carbonyl (C=O) groups is 1. The van der Waals surface area contributed by atoms with Gasteiger partial charge in [-0.05, 0) is 87.2 Å². The Balaban J connectivity index is 1.11. The molecule has 3 aliphatic heterocycles. The summed E-state index contributed by atoms with van der Waals surface area (Å²) < 4.78 is 18.8. The molecule has 1 spiro atoms. The van der Waals surface area contributed by atoms with E-state index in [4.69, 9.17) is 14.2 Å². The SMILES string of the molecule is CC1=C2C(=O)[C@H]3[C@H](CC=C4C[C@H](O[C@@H]5O[C@H](CO)[C@@H](O)[C@H](O)[C@H]5O)CC[C@@]43C)[C@@H]2CC[C@]12O[C@@H]1C[C@H](C)CN[C@H]1[C@H]2C. The number of ketones is 1. The predicted octanol–water partition coefficient (Wildman–Crippen LogP) is 2.01. The monoisotopic (exact) mass is 587 g/mol. The molecule has 3 saturated heterocycles. The van der Waals surface area contributed by atoms with Crippen LogP contribution >= 0.6 is 0 Å². The molecule has 15 atom stereocenters. The highest BCUT2D eigenvalue weighted by Gasteiger charge is 2.63. The number of carbonyl (C=O) groups excluding carboxylic acids is 1. The van der Waals surface area contributed by atoms with Crippen LogP contribution in [0.25, 0.3) is 0 Å². The summed E-state index contributed by atoms with van der Waals surface area (Å²) in [7, 11) is 0. The zero-order chi connectivity index (χ0) is 29.7. The van der Waals surface area contributed by atoms with Gasteiger partial charge < -0.3 is 40.0 Å². The fourth-order valence-electron chi connectivity index (χ4n) is 10.4. The standard InChI is InChI=1S/C33H49NO8/c1-15-11-22-26(34-13-15)17(3)33(42-22)10-8-20-21-6-5-18-12-19(40-31-30(39)29(38)27(36)23(14-35)41-31)7-9-32(18,4)25(21)28(37)24(20)16(33)2/h5,15,17,19-23,25-27,29-31,34-36,38-39H,6-14H2,1-4H3/t15-,17+,19+,20-,21+,22+,23+,25+,26-,27+,29-,30+,31+,32-,33-/m0/s1. The van der Waals surface area contributed by atoms with Crippen molar-refractivity contribution in [1.82, 2.24) is 5.32 Å². The highest BCUT2D eigenvalue weighted by atomic mass is 16.7. The molecule has 0 aromatic heterocycles. The lowest BCUT2D eigenvalue weighted by atomic mass is 9.56. The Kier molecular flexibility index (Phi) is 7.34. The molecule has 0 aromatic rings. The summed E-state index contributed by atoms with van der Waals surface area (Å²) in [5, 5.41) is 44.2. The summed E-state index contributed by atoms with van der Waals surface area (Å²) in [6, 6.07) is 0.344. The molecule has 0 amide bonds. The summed E-state index contributed by atoms with van der Waals surface area (Å²) in [6.45, 7) is 9.60. The van der Waals surface area contributed by atoms with Gasteiger partial charge in [0.05, 0.1) is 24.4 Å². The van der Waals surface area contributed by atoms with Crippen LogP contribution in [-0.4, -0.2) is 93.9 Å². The molecule has 9 heteroatoms. The van der Waals surface area contributed by atoms with Crippen molar-refractivity contribution in [3.63, 3.8) is 0 Å². The van der Waals surface area contributed by atoms with Crippen LogP contribution in [0.5, 0.6) is 0 Å². The third-order valence-corrected chi connectivity index (χ3v) is 12.8. The first-order chi connectivity index (χ1) is 20.0. The van der Waals surface area contributed by atoms with Crippen LogP contribution < -0.4 is 5.32 Å². The van der Waals surface area contributed by atoms with E-state index >= 15 is 0 Å². The van der Waals surface area contributed by atoms with Crippen LogP contribution in [0.3, 0.4) is 0 Å². The minimum Gasteiger partial charge on any atom is -0.394 e. The normalized spacial score (nSPS) is 53.9. The van der Waals surface area contributed by atoms with Crippen molar-refractivity contribution in [2.75, 3.05) is 13.2 Å². The van der Waals surface area contributed by atoms with Gasteiger partial charge in [0.15, 0.2) is 12.1 Å². The van der Waals surface area contributed by atoms with Gasteiger partial charge >= 0.3 is 0 Å². The van der Waals surface area contributed by atoms with Crippen LogP contribution in [0, 0.1) is 35.0 Å². The van der Waals surface area contributed by atoms with Crippen LogP contribution in [-0.2, 0) is 19.0 Å². The predicted molar refractivity (Wildman–Crippen MR) is 153 cm³/mol. The number of hydrogen-bond donors (Lipinski definition) is 5. The van der Waals surface area contributed by atoms with E-state index in [1.807, 2.05) is 0 Å². The lowest BCUT2D eigenvalue weighted by molar-refractivity contribution is -0.312. The average Bonchev–Trinajstić information content (AvgIpc) is 3.42. The second-order valence-corrected chi connectivity index (χ2v) is 14.9.